The topological polar surface area (TPSA) is 74.2 Å². The van der Waals surface area contributed by atoms with Gasteiger partial charge >= 0.3 is 0 Å². The maximum absolute atomic E-state index is 14.3. The summed E-state index contributed by atoms with van der Waals surface area (Å²) in [6.45, 7) is 3.12. The van der Waals surface area contributed by atoms with Crippen molar-refractivity contribution in [2.45, 2.75) is 25.9 Å². The highest BCUT2D eigenvalue weighted by Crippen LogP contribution is 2.35. The number of carbonyl (C=O) groups excluding carboxylic acids is 1. The Morgan fingerprint density at radius 1 is 1.09 bits per heavy atom. The highest BCUT2D eigenvalue weighted by Gasteiger charge is 2.16. The molecule has 0 fully saturated rings. The summed E-state index contributed by atoms with van der Waals surface area (Å²) in [4.78, 5) is 15.8. The molecule has 4 rings (SSSR count). The van der Waals surface area contributed by atoms with Crippen molar-refractivity contribution in [2.75, 3.05) is 11.9 Å². The fourth-order valence-electron chi connectivity index (χ4n) is 4.00. The van der Waals surface area contributed by atoms with E-state index in [1.807, 2.05) is 49.4 Å². The maximum Gasteiger partial charge on any atom is 0.217 e. The van der Waals surface area contributed by atoms with Crippen LogP contribution in [0.15, 0.2) is 72.9 Å². The van der Waals surface area contributed by atoms with Gasteiger partial charge in [-0.15, -0.1) is 0 Å². The first-order chi connectivity index (χ1) is 16.4. The molecule has 0 aliphatic rings. The Morgan fingerprint density at radius 2 is 1.79 bits per heavy atom. The number of amides is 1. The average molecular weight is 478 g/mol. The summed E-state index contributed by atoms with van der Waals surface area (Å²) >= 11 is 6.51. The van der Waals surface area contributed by atoms with Gasteiger partial charge in [-0.1, -0.05) is 60.1 Å². The molecular weight excluding hydrogens is 453 g/mol. The van der Waals surface area contributed by atoms with Crippen molar-refractivity contribution in [3.63, 3.8) is 0 Å². The van der Waals surface area contributed by atoms with Crippen LogP contribution in [0.3, 0.4) is 0 Å². The van der Waals surface area contributed by atoms with Crippen molar-refractivity contribution in [1.82, 2.24) is 10.3 Å². The molecule has 3 aromatic carbocycles. The third-order valence-corrected chi connectivity index (χ3v) is 6.05. The molecule has 34 heavy (non-hydrogen) atoms. The van der Waals surface area contributed by atoms with Crippen molar-refractivity contribution in [1.29, 1.82) is 0 Å². The summed E-state index contributed by atoms with van der Waals surface area (Å²) in [6.07, 6.45) is 1.59. The Morgan fingerprint density at radius 3 is 2.47 bits per heavy atom. The summed E-state index contributed by atoms with van der Waals surface area (Å²) < 4.78 is 14.3. The average Bonchev–Trinajstić information content (AvgIpc) is 2.84. The predicted octanol–water partition coefficient (Wildman–Crippen LogP) is 6.04. The minimum absolute atomic E-state index is 0.186. The van der Waals surface area contributed by atoms with Gasteiger partial charge in [-0.25, -0.2) is 4.39 Å². The Labute approximate surface area is 202 Å². The normalized spacial score (nSPS) is 12.9. The number of fused-ring (bicyclic) bond motifs is 1. The van der Waals surface area contributed by atoms with Gasteiger partial charge < -0.3 is 15.7 Å². The molecule has 1 amide bonds. The first-order valence-electron chi connectivity index (χ1n) is 10.9. The number of nitrogens with one attached hydrogen (secondary N) is 2. The summed E-state index contributed by atoms with van der Waals surface area (Å²) in [5.74, 6) is -0.482. The summed E-state index contributed by atoms with van der Waals surface area (Å²) in [6, 6.07) is 19.4. The Bertz CT molecular complexity index is 1330. The molecule has 0 bridgehead atoms. The van der Waals surface area contributed by atoms with E-state index in [0.717, 1.165) is 27.6 Å². The van der Waals surface area contributed by atoms with Crippen LogP contribution < -0.4 is 10.6 Å². The van der Waals surface area contributed by atoms with Crippen LogP contribution in [0.1, 0.15) is 37.1 Å². The molecule has 5 nitrogen and oxygen atoms in total. The highest BCUT2D eigenvalue weighted by atomic mass is 35.5. The number of halogens is 2. The number of aromatic nitrogens is 1. The summed E-state index contributed by atoms with van der Waals surface area (Å²) in [5, 5.41) is 17.0. The zero-order chi connectivity index (χ0) is 24.2. The van der Waals surface area contributed by atoms with Crippen LogP contribution in [0.2, 0.25) is 5.02 Å². The molecule has 2 atom stereocenters. The van der Waals surface area contributed by atoms with Crippen LogP contribution in [-0.4, -0.2) is 22.6 Å². The fraction of sp³-hybridized carbons (Fsp3) is 0.185. The van der Waals surface area contributed by atoms with Crippen LogP contribution in [0.5, 0.6) is 0 Å². The van der Waals surface area contributed by atoms with E-state index in [9.17, 15) is 14.3 Å². The van der Waals surface area contributed by atoms with Gasteiger partial charge in [0.15, 0.2) is 0 Å². The van der Waals surface area contributed by atoms with Crippen molar-refractivity contribution in [3.05, 3.63) is 94.9 Å². The smallest absolute Gasteiger partial charge is 0.217 e. The van der Waals surface area contributed by atoms with Crippen LogP contribution in [-0.2, 0) is 4.79 Å². The van der Waals surface area contributed by atoms with Crippen LogP contribution in [0.4, 0.5) is 10.1 Å². The number of aliphatic hydroxyl groups excluding tert-OH is 1. The zero-order valence-electron chi connectivity index (χ0n) is 18.8. The van der Waals surface area contributed by atoms with E-state index in [2.05, 4.69) is 15.6 Å². The lowest BCUT2D eigenvalue weighted by atomic mass is 9.99. The monoisotopic (exact) mass is 477 g/mol. The van der Waals surface area contributed by atoms with E-state index < -0.39 is 6.04 Å². The lowest BCUT2D eigenvalue weighted by Crippen LogP contribution is -2.28. The standard InChI is InChI=1S/C27H25ClFN3O2/c1-16(21-5-3-4-6-24(21)29)31-27-22-13-20(11-12-25(22)30-14-23(27)28)18-7-9-19(10-8-18)26(15-33)32-17(2)34/h3-14,16,26,33H,15H2,1-2H3,(H,30,31)(H,32,34)/t16-,26?/m1/s1. The van der Waals surface area contributed by atoms with Crippen molar-refractivity contribution in [2.24, 2.45) is 0 Å². The molecule has 0 radical (unpaired) electrons. The van der Waals surface area contributed by atoms with Gasteiger partial charge in [0.1, 0.15) is 5.82 Å². The van der Waals surface area contributed by atoms with Gasteiger partial charge in [0, 0.05) is 24.1 Å². The van der Waals surface area contributed by atoms with Crippen LogP contribution in [0, 0.1) is 5.82 Å². The summed E-state index contributed by atoms with van der Waals surface area (Å²) in [5.41, 5.74) is 4.72. The lowest BCUT2D eigenvalue weighted by molar-refractivity contribution is -0.120. The second-order valence-corrected chi connectivity index (χ2v) is 8.57. The van der Waals surface area contributed by atoms with E-state index in [4.69, 9.17) is 11.6 Å². The van der Waals surface area contributed by atoms with E-state index in [0.29, 0.717) is 16.3 Å². The van der Waals surface area contributed by atoms with Gasteiger partial charge in [-0.05, 0) is 41.8 Å². The van der Waals surface area contributed by atoms with Gasteiger partial charge in [-0.2, -0.15) is 0 Å². The number of nitrogens with zero attached hydrogens (tertiary/aromatic N) is 1. The summed E-state index contributed by atoms with van der Waals surface area (Å²) in [7, 11) is 0. The Kier molecular flexibility index (Phi) is 7.10. The first kappa shape index (κ1) is 23.7. The number of hydrogen-bond donors (Lipinski definition) is 3. The third-order valence-electron chi connectivity index (χ3n) is 5.76. The van der Waals surface area contributed by atoms with Gasteiger partial charge in [-0.3, -0.25) is 9.78 Å². The van der Waals surface area contributed by atoms with Gasteiger partial charge in [0.05, 0.1) is 34.9 Å². The number of aliphatic hydroxyl groups is 1. The molecule has 1 heterocycles. The van der Waals surface area contributed by atoms with Gasteiger partial charge in [0.25, 0.3) is 0 Å². The van der Waals surface area contributed by atoms with Crippen molar-refractivity contribution in [3.8, 4) is 11.1 Å². The number of rotatable bonds is 7. The maximum atomic E-state index is 14.3. The lowest BCUT2D eigenvalue weighted by Gasteiger charge is -2.19. The number of pyridine rings is 1. The molecule has 7 heteroatoms. The molecule has 0 spiro atoms. The number of carbonyl (C=O) groups is 1. The number of hydrogen-bond acceptors (Lipinski definition) is 4. The molecule has 1 aromatic heterocycles. The molecule has 174 valence electrons. The first-order valence-corrected chi connectivity index (χ1v) is 11.3. The molecule has 0 saturated heterocycles. The zero-order valence-corrected chi connectivity index (χ0v) is 19.6. The SMILES string of the molecule is CC(=O)NC(CO)c1ccc(-c2ccc3ncc(Cl)c(N[C@H](C)c4ccccc4F)c3c2)cc1. The predicted molar refractivity (Wildman–Crippen MR) is 134 cm³/mol. The largest absolute Gasteiger partial charge is 0.394 e. The molecule has 3 N–H and O–H groups in total. The van der Waals surface area contributed by atoms with Gasteiger partial charge in [0.2, 0.25) is 5.91 Å². The molecule has 0 aliphatic heterocycles. The minimum atomic E-state index is -0.457. The number of benzene rings is 3. The highest BCUT2D eigenvalue weighted by molar-refractivity contribution is 6.34. The second kappa shape index (κ2) is 10.2. The quantitative estimate of drug-likeness (QED) is 0.303. The third kappa shape index (κ3) is 5.03. The number of anilines is 1. The van der Waals surface area contributed by atoms with E-state index in [1.54, 1.807) is 24.4 Å². The van der Waals surface area contributed by atoms with E-state index in [-0.39, 0.29) is 24.4 Å². The van der Waals surface area contributed by atoms with Crippen LogP contribution in [0.25, 0.3) is 22.0 Å². The van der Waals surface area contributed by atoms with E-state index >= 15 is 0 Å². The Hall–Kier alpha value is -3.48. The fourth-order valence-corrected chi connectivity index (χ4v) is 4.21. The minimum Gasteiger partial charge on any atom is -0.394 e. The van der Waals surface area contributed by atoms with Crippen molar-refractivity contribution >= 4 is 34.1 Å². The second-order valence-electron chi connectivity index (χ2n) is 8.16. The van der Waals surface area contributed by atoms with Crippen molar-refractivity contribution < 1.29 is 14.3 Å². The van der Waals surface area contributed by atoms with E-state index in [1.165, 1.54) is 13.0 Å². The molecular formula is C27H25ClFN3O2. The molecule has 1 unspecified atom stereocenters. The molecule has 4 aromatic rings. The molecule has 0 saturated carbocycles. The molecule has 0 aliphatic carbocycles. The van der Waals surface area contributed by atoms with Crippen LogP contribution >= 0.6 is 11.6 Å². The Balaban J connectivity index is 1.68.